The first kappa shape index (κ1) is 32.5. The van der Waals surface area contributed by atoms with Crippen LogP contribution in [0.5, 0.6) is 11.5 Å². The van der Waals surface area contributed by atoms with Crippen molar-refractivity contribution in [2.45, 2.75) is 135 Å². The molecule has 4 aliphatic carbocycles. The van der Waals surface area contributed by atoms with Crippen LogP contribution in [-0.4, -0.2) is 35.1 Å². The van der Waals surface area contributed by atoms with Gasteiger partial charge in [0.1, 0.15) is 11.5 Å². The van der Waals surface area contributed by atoms with Crippen LogP contribution in [0, 0.1) is 21.7 Å². The molecule has 1 spiro atoms. The molecule has 2 aromatic rings. The Labute approximate surface area is 288 Å². The highest BCUT2D eigenvalue weighted by molar-refractivity contribution is 5.95. The molecule has 5 atom stereocenters. The highest BCUT2D eigenvalue weighted by Crippen LogP contribution is 2.68. The Hall–Kier alpha value is -3.68. The van der Waals surface area contributed by atoms with Crippen LogP contribution in [0.25, 0.3) is 0 Å². The summed E-state index contributed by atoms with van der Waals surface area (Å²) in [6, 6.07) is 11.9. The van der Waals surface area contributed by atoms with Gasteiger partial charge in [-0.3, -0.25) is 9.59 Å². The van der Waals surface area contributed by atoms with Gasteiger partial charge in [0, 0.05) is 16.2 Å². The molecule has 260 valence electrons. The van der Waals surface area contributed by atoms with Gasteiger partial charge in [-0.15, -0.1) is 0 Å². The minimum Gasteiger partial charge on any atom is -0.446 e. The first-order valence-electron chi connectivity index (χ1n) is 17.8. The monoisotopic (exact) mass is 668 g/mol. The van der Waals surface area contributed by atoms with E-state index in [-0.39, 0.29) is 28.2 Å². The maximum Gasteiger partial charge on any atom is 0.356 e. The van der Waals surface area contributed by atoms with E-state index in [1.54, 1.807) is 0 Å². The standard InChI is InChI=1S/C41H48O8/c1-33(2)21-39(28-20-24(11-13-25(28)33)47-32(45)41-18-16-38(10,30(43)49-41)36(41,7)8)22-34(3,4)27-19-23(12-14-26(27)39)46-31(44)40-17-15-37(9,29(42)48-40)35(40,5)6/h11-14,19-20H,15-18,21-22H2,1-10H3. The van der Waals surface area contributed by atoms with Gasteiger partial charge in [0.15, 0.2) is 0 Å². The maximum absolute atomic E-state index is 13.9. The third-order valence-corrected chi connectivity index (χ3v) is 15.2. The molecule has 4 fully saturated rings. The Kier molecular flexibility index (Phi) is 5.95. The molecule has 8 nitrogen and oxygen atoms in total. The molecule has 0 N–H and O–H groups in total. The molecule has 0 amide bonds. The smallest absolute Gasteiger partial charge is 0.356 e. The number of hydrogen-bond acceptors (Lipinski definition) is 8. The number of carbonyl (C=O) groups is 4. The summed E-state index contributed by atoms with van der Waals surface area (Å²) in [5, 5.41) is 0. The summed E-state index contributed by atoms with van der Waals surface area (Å²) in [6.45, 7) is 20.4. The van der Waals surface area contributed by atoms with Gasteiger partial charge in [0.25, 0.3) is 0 Å². The van der Waals surface area contributed by atoms with Crippen LogP contribution in [-0.2, 0) is 44.9 Å². The average Bonchev–Trinajstić information content (AvgIpc) is 3.63. The zero-order valence-corrected chi connectivity index (χ0v) is 30.5. The third-order valence-electron chi connectivity index (χ3n) is 15.2. The predicted molar refractivity (Wildman–Crippen MR) is 180 cm³/mol. The Morgan fingerprint density at radius 1 is 0.551 bits per heavy atom. The molecule has 4 bridgehead atoms. The first-order valence-corrected chi connectivity index (χ1v) is 17.8. The van der Waals surface area contributed by atoms with Crippen molar-refractivity contribution in [3.8, 4) is 11.5 Å². The van der Waals surface area contributed by atoms with Gasteiger partial charge in [-0.05, 0) is 110 Å². The molecule has 2 aliphatic heterocycles. The van der Waals surface area contributed by atoms with Gasteiger partial charge in [-0.25, -0.2) is 9.59 Å². The van der Waals surface area contributed by atoms with Crippen molar-refractivity contribution in [3.05, 3.63) is 58.7 Å². The highest BCUT2D eigenvalue weighted by Gasteiger charge is 2.77. The fourth-order valence-electron chi connectivity index (χ4n) is 11.2. The molecule has 8 rings (SSSR count). The Bertz CT molecular complexity index is 1920. The number of benzene rings is 2. The molecule has 5 unspecified atom stereocenters. The number of carbonyl (C=O) groups excluding carboxylic acids is 4. The van der Waals surface area contributed by atoms with E-state index in [0.29, 0.717) is 37.2 Å². The second kappa shape index (κ2) is 8.96. The van der Waals surface area contributed by atoms with E-state index in [2.05, 4.69) is 39.8 Å². The molecule has 0 aromatic heterocycles. The van der Waals surface area contributed by atoms with Crippen LogP contribution in [0.3, 0.4) is 0 Å². The topological polar surface area (TPSA) is 105 Å². The van der Waals surface area contributed by atoms with Crippen molar-refractivity contribution >= 4 is 23.9 Å². The summed E-state index contributed by atoms with van der Waals surface area (Å²) < 4.78 is 23.9. The van der Waals surface area contributed by atoms with E-state index < -0.39 is 44.8 Å². The fraction of sp³-hybridized carbons (Fsp3) is 0.610. The first-order chi connectivity index (χ1) is 22.5. The number of ether oxygens (including phenoxy) is 4. The quantitative estimate of drug-likeness (QED) is 0.245. The average molecular weight is 669 g/mol. The summed E-state index contributed by atoms with van der Waals surface area (Å²) in [5.74, 6) is -0.827. The molecule has 2 heterocycles. The van der Waals surface area contributed by atoms with Gasteiger partial charge in [0.2, 0.25) is 11.2 Å². The number of hydrogen-bond donors (Lipinski definition) is 0. The van der Waals surface area contributed by atoms with Crippen LogP contribution < -0.4 is 9.47 Å². The minimum atomic E-state index is -1.31. The lowest BCUT2D eigenvalue weighted by atomic mass is 9.66. The predicted octanol–water partition coefficient (Wildman–Crippen LogP) is 7.39. The molecular weight excluding hydrogens is 620 g/mol. The van der Waals surface area contributed by atoms with Crippen LogP contribution >= 0.6 is 0 Å². The molecule has 2 saturated carbocycles. The van der Waals surface area contributed by atoms with Crippen molar-refractivity contribution in [1.82, 2.24) is 0 Å². The summed E-state index contributed by atoms with van der Waals surface area (Å²) in [6.07, 6.45) is 3.74. The molecule has 8 heteroatoms. The van der Waals surface area contributed by atoms with E-state index in [4.69, 9.17) is 18.9 Å². The van der Waals surface area contributed by atoms with Gasteiger partial charge in [0.05, 0.1) is 10.8 Å². The Morgan fingerprint density at radius 3 is 1.37 bits per heavy atom. The second-order valence-electron chi connectivity index (χ2n) is 18.7. The summed E-state index contributed by atoms with van der Waals surface area (Å²) in [7, 11) is 0. The van der Waals surface area contributed by atoms with E-state index in [9.17, 15) is 19.2 Å². The lowest BCUT2D eigenvalue weighted by Crippen LogP contribution is -2.50. The molecule has 49 heavy (non-hydrogen) atoms. The van der Waals surface area contributed by atoms with Gasteiger partial charge >= 0.3 is 23.9 Å². The van der Waals surface area contributed by atoms with E-state index in [0.717, 1.165) is 24.0 Å². The zero-order valence-electron chi connectivity index (χ0n) is 30.5. The fourth-order valence-corrected chi connectivity index (χ4v) is 11.2. The largest absolute Gasteiger partial charge is 0.446 e. The van der Waals surface area contributed by atoms with Gasteiger partial charge < -0.3 is 18.9 Å². The molecule has 2 aromatic carbocycles. The number of esters is 4. The number of rotatable bonds is 4. The van der Waals surface area contributed by atoms with Crippen LogP contribution in [0.2, 0.25) is 0 Å². The molecule has 6 aliphatic rings. The van der Waals surface area contributed by atoms with E-state index in [1.807, 2.05) is 65.8 Å². The van der Waals surface area contributed by atoms with Gasteiger partial charge in [-0.2, -0.15) is 0 Å². The summed E-state index contributed by atoms with van der Waals surface area (Å²) in [5.41, 5.74) is -1.62. The van der Waals surface area contributed by atoms with Crippen molar-refractivity contribution in [2.75, 3.05) is 0 Å². The van der Waals surface area contributed by atoms with Crippen LogP contribution in [0.1, 0.15) is 130 Å². The summed E-state index contributed by atoms with van der Waals surface area (Å²) in [4.78, 5) is 53.4. The van der Waals surface area contributed by atoms with Crippen molar-refractivity contribution in [3.63, 3.8) is 0 Å². The molecule has 0 radical (unpaired) electrons. The van der Waals surface area contributed by atoms with E-state index >= 15 is 0 Å². The SMILES string of the molecule is CC1(C)CC2(CC(C)(C)c3ccc(OC(=O)C45CCC(C)(C(=O)O4)C5(C)C)cc32)c2ccc(OC(=O)C34CCC(C)(C(=O)O3)C4(C)C)cc21. The summed E-state index contributed by atoms with van der Waals surface area (Å²) >= 11 is 0. The molecule has 2 saturated heterocycles. The zero-order chi connectivity index (χ0) is 35.6. The highest BCUT2D eigenvalue weighted by atomic mass is 16.6. The maximum atomic E-state index is 13.9. The van der Waals surface area contributed by atoms with Crippen LogP contribution in [0.4, 0.5) is 0 Å². The minimum absolute atomic E-state index is 0.151. The van der Waals surface area contributed by atoms with E-state index in [1.165, 1.54) is 11.1 Å². The Balaban J connectivity index is 1.13. The lowest BCUT2D eigenvalue weighted by Gasteiger charge is -2.34. The Morgan fingerprint density at radius 2 is 0.959 bits per heavy atom. The molecular formula is C41H48O8. The van der Waals surface area contributed by atoms with Gasteiger partial charge in [-0.1, -0.05) is 67.5 Å². The van der Waals surface area contributed by atoms with Crippen molar-refractivity contribution in [1.29, 1.82) is 0 Å². The van der Waals surface area contributed by atoms with Crippen molar-refractivity contribution in [2.24, 2.45) is 21.7 Å². The second-order valence-corrected chi connectivity index (χ2v) is 18.7. The normalized spacial score (nSPS) is 37.5. The number of fused-ring (bicyclic) bond motifs is 8. The van der Waals surface area contributed by atoms with Crippen molar-refractivity contribution < 1.29 is 38.1 Å². The lowest BCUT2D eigenvalue weighted by molar-refractivity contribution is -0.176. The van der Waals surface area contributed by atoms with Crippen LogP contribution in [0.15, 0.2) is 36.4 Å². The third kappa shape index (κ3) is 3.51.